The van der Waals surface area contributed by atoms with Crippen LogP contribution in [0.2, 0.25) is 0 Å². The van der Waals surface area contributed by atoms with Crippen LogP contribution in [0.1, 0.15) is 23.1 Å². The van der Waals surface area contributed by atoms with Crippen molar-refractivity contribution in [2.45, 2.75) is 13.8 Å². The molecule has 0 aliphatic heterocycles. The molecule has 4 rings (SSSR count). The third kappa shape index (κ3) is 2.32. The van der Waals surface area contributed by atoms with E-state index in [0.29, 0.717) is 11.1 Å². The summed E-state index contributed by atoms with van der Waals surface area (Å²) < 4.78 is 7.11. The Kier molecular flexibility index (Phi) is 3.84. The molecule has 26 heavy (non-hydrogen) atoms. The number of hydrogen-bond donors (Lipinski definition) is 1. The topological polar surface area (TPSA) is 64.3 Å². The molecule has 0 amide bonds. The molecule has 0 bridgehead atoms. The Morgan fingerprint density at radius 1 is 1.12 bits per heavy atom. The smallest absolute Gasteiger partial charge is 0.360 e. The summed E-state index contributed by atoms with van der Waals surface area (Å²) in [7, 11) is 0. The van der Waals surface area contributed by atoms with E-state index >= 15 is 0 Å². The Bertz CT molecular complexity index is 1130. The number of rotatable bonds is 3. The lowest BCUT2D eigenvalue weighted by molar-refractivity contribution is 0.0516. The first-order valence-corrected chi connectivity index (χ1v) is 8.48. The summed E-state index contributed by atoms with van der Waals surface area (Å²) >= 11 is 0. The van der Waals surface area contributed by atoms with E-state index in [2.05, 4.69) is 9.55 Å². The molecule has 0 fully saturated rings. The summed E-state index contributed by atoms with van der Waals surface area (Å²) in [5.74, 6) is -0.763. The molecule has 0 unspecified atom stereocenters. The van der Waals surface area contributed by atoms with E-state index in [1.54, 1.807) is 6.92 Å². The van der Waals surface area contributed by atoms with Gasteiger partial charge in [-0.15, -0.1) is 0 Å². The Morgan fingerprint density at radius 3 is 2.54 bits per heavy atom. The fourth-order valence-electron chi connectivity index (χ4n) is 3.40. The summed E-state index contributed by atoms with van der Waals surface area (Å²) in [4.78, 5) is 16.6. The average molecular weight is 346 g/mol. The fourth-order valence-corrected chi connectivity index (χ4v) is 3.40. The van der Waals surface area contributed by atoms with Gasteiger partial charge in [-0.3, -0.25) is 0 Å². The number of pyridine rings is 1. The molecular formula is C21H18N2O3. The molecule has 2 aromatic carbocycles. The monoisotopic (exact) mass is 346 g/mol. The summed E-state index contributed by atoms with van der Waals surface area (Å²) in [5.41, 5.74) is 3.29. The zero-order valence-corrected chi connectivity index (χ0v) is 14.6. The van der Waals surface area contributed by atoms with Crippen LogP contribution in [0, 0.1) is 6.92 Å². The van der Waals surface area contributed by atoms with Gasteiger partial charge in [-0.05, 0) is 32.0 Å². The van der Waals surface area contributed by atoms with E-state index in [0.717, 1.165) is 22.1 Å². The highest BCUT2D eigenvalue weighted by molar-refractivity contribution is 6.15. The standard InChI is InChI=1S/C21H18N2O3/c1-3-26-21(25)18-20(24)17-15-11-7-8-12-16(15)23(19(17)13(2)22-18)14-9-5-4-6-10-14/h4-12,24H,3H2,1-2H3. The number of benzene rings is 2. The maximum atomic E-state index is 12.2. The predicted molar refractivity (Wildman–Crippen MR) is 101 cm³/mol. The van der Waals surface area contributed by atoms with Crippen LogP contribution in [-0.2, 0) is 4.74 Å². The lowest BCUT2D eigenvalue weighted by Gasteiger charge is -2.11. The quantitative estimate of drug-likeness (QED) is 0.560. The lowest BCUT2D eigenvalue weighted by atomic mass is 10.1. The van der Waals surface area contributed by atoms with Crippen LogP contribution in [0.15, 0.2) is 54.6 Å². The molecule has 0 saturated carbocycles. The first-order chi connectivity index (χ1) is 12.6. The number of fused-ring (bicyclic) bond motifs is 3. The maximum absolute atomic E-state index is 12.2. The molecule has 2 heterocycles. The van der Waals surface area contributed by atoms with Crippen molar-refractivity contribution in [3.63, 3.8) is 0 Å². The minimum atomic E-state index is -0.619. The fraction of sp³-hybridized carbons (Fsp3) is 0.143. The van der Waals surface area contributed by atoms with Gasteiger partial charge in [0.05, 0.1) is 28.7 Å². The van der Waals surface area contributed by atoms with Crippen LogP contribution >= 0.6 is 0 Å². The molecule has 4 aromatic rings. The number of ether oxygens (including phenoxy) is 1. The summed E-state index contributed by atoms with van der Waals surface area (Å²) in [6.07, 6.45) is 0. The summed E-state index contributed by atoms with van der Waals surface area (Å²) in [6.45, 7) is 3.78. The van der Waals surface area contributed by atoms with Crippen LogP contribution in [0.5, 0.6) is 5.75 Å². The third-order valence-electron chi connectivity index (χ3n) is 4.44. The van der Waals surface area contributed by atoms with Gasteiger partial charge >= 0.3 is 5.97 Å². The van der Waals surface area contributed by atoms with Crippen molar-refractivity contribution in [2.24, 2.45) is 0 Å². The van der Waals surface area contributed by atoms with E-state index in [1.165, 1.54) is 0 Å². The number of esters is 1. The van der Waals surface area contributed by atoms with Crippen molar-refractivity contribution >= 4 is 27.8 Å². The average Bonchev–Trinajstić information content (AvgIpc) is 3.01. The first-order valence-electron chi connectivity index (χ1n) is 8.48. The highest BCUT2D eigenvalue weighted by Crippen LogP contribution is 2.39. The Morgan fingerprint density at radius 2 is 1.81 bits per heavy atom. The number of aromatic nitrogens is 2. The summed E-state index contributed by atoms with van der Waals surface area (Å²) in [5, 5.41) is 12.3. The minimum Gasteiger partial charge on any atom is -0.505 e. The Balaban J connectivity index is 2.16. The molecule has 1 N–H and O–H groups in total. The number of nitrogens with zero attached hydrogens (tertiary/aromatic N) is 2. The van der Waals surface area contributed by atoms with Crippen molar-refractivity contribution in [1.29, 1.82) is 0 Å². The van der Waals surface area contributed by atoms with Gasteiger partial charge in [0.25, 0.3) is 0 Å². The molecule has 2 aromatic heterocycles. The largest absolute Gasteiger partial charge is 0.505 e. The number of hydrogen-bond acceptors (Lipinski definition) is 4. The lowest BCUT2D eigenvalue weighted by Crippen LogP contribution is -2.09. The second-order valence-corrected chi connectivity index (χ2v) is 6.03. The molecule has 5 heteroatoms. The van der Waals surface area contributed by atoms with Gasteiger partial charge in [-0.2, -0.15) is 0 Å². The zero-order valence-electron chi connectivity index (χ0n) is 14.6. The van der Waals surface area contributed by atoms with Gasteiger partial charge in [-0.1, -0.05) is 36.4 Å². The number of aromatic hydroxyl groups is 1. The molecule has 0 spiro atoms. The van der Waals surface area contributed by atoms with E-state index < -0.39 is 5.97 Å². The van der Waals surface area contributed by atoms with Crippen molar-refractivity contribution in [1.82, 2.24) is 9.55 Å². The van der Waals surface area contributed by atoms with Crippen molar-refractivity contribution < 1.29 is 14.6 Å². The Hall–Kier alpha value is -3.34. The summed E-state index contributed by atoms with van der Waals surface area (Å²) in [6, 6.07) is 17.7. The second-order valence-electron chi connectivity index (χ2n) is 6.03. The van der Waals surface area contributed by atoms with E-state index in [9.17, 15) is 9.90 Å². The number of para-hydroxylation sites is 2. The van der Waals surface area contributed by atoms with Crippen molar-refractivity contribution in [3.8, 4) is 11.4 Å². The van der Waals surface area contributed by atoms with Crippen molar-refractivity contribution in [3.05, 3.63) is 66.0 Å². The van der Waals surface area contributed by atoms with Crippen LogP contribution in [0.25, 0.3) is 27.5 Å². The van der Waals surface area contributed by atoms with Crippen LogP contribution < -0.4 is 0 Å². The normalized spacial score (nSPS) is 11.2. The van der Waals surface area contributed by atoms with E-state index in [1.807, 2.05) is 61.5 Å². The minimum absolute atomic E-state index is 0.0483. The van der Waals surface area contributed by atoms with Crippen molar-refractivity contribution in [2.75, 3.05) is 6.61 Å². The molecule has 0 atom stereocenters. The Labute approximate surface area is 150 Å². The second kappa shape index (κ2) is 6.19. The highest BCUT2D eigenvalue weighted by atomic mass is 16.5. The van der Waals surface area contributed by atoms with Gasteiger partial charge in [0, 0.05) is 11.1 Å². The zero-order chi connectivity index (χ0) is 18.3. The molecule has 0 saturated heterocycles. The maximum Gasteiger partial charge on any atom is 0.360 e. The number of carbonyl (C=O) groups excluding carboxylic acids is 1. The molecule has 5 nitrogen and oxygen atoms in total. The molecule has 0 radical (unpaired) electrons. The highest BCUT2D eigenvalue weighted by Gasteiger charge is 2.24. The van der Waals surface area contributed by atoms with Gasteiger partial charge in [0.2, 0.25) is 0 Å². The van der Waals surface area contributed by atoms with Crippen LogP contribution in [0.3, 0.4) is 0 Å². The molecule has 130 valence electrons. The molecular weight excluding hydrogens is 328 g/mol. The number of aryl methyl sites for hydroxylation is 1. The molecule has 0 aliphatic rings. The van der Waals surface area contributed by atoms with Gasteiger partial charge in [-0.25, -0.2) is 9.78 Å². The first kappa shape index (κ1) is 16.1. The van der Waals surface area contributed by atoms with E-state index in [4.69, 9.17) is 4.74 Å². The third-order valence-corrected chi connectivity index (χ3v) is 4.44. The van der Waals surface area contributed by atoms with Crippen LogP contribution in [-0.4, -0.2) is 27.2 Å². The van der Waals surface area contributed by atoms with Gasteiger partial charge in [0.1, 0.15) is 0 Å². The van der Waals surface area contributed by atoms with E-state index in [-0.39, 0.29) is 18.1 Å². The SMILES string of the molecule is CCOC(=O)c1nc(C)c2c(c1O)c1ccccc1n2-c1ccccc1. The van der Waals surface area contributed by atoms with Gasteiger partial charge in [0.15, 0.2) is 11.4 Å². The predicted octanol–water partition coefficient (Wildman–Crippen LogP) is 4.37. The number of carbonyl (C=O) groups is 1. The van der Waals surface area contributed by atoms with Gasteiger partial charge < -0.3 is 14.4 Å². The molecule has 0 aliphatic carbocycles. The van der Waals surface area contributed by atoms with Crippen LogP contribution in [0.4, 0.5) is 0 Å².